The lowest BCUT2D eigenvalue weighted by molar-refractivity contribution is -0.384. The van der Waals surface area contributed by atoms with Crippen LogP contribution in [0, 0.1) is 17.0 Å². The molecule has 0 saturated heterocycles. The molecule has 0 heterocycles. The van der Waals surface area contributed by atoms with Crippen LogP contribution in [0.15, 0.2) is 77.9 Å². The lowest BCUT2D eigenvalue weighted by Gasteiger charge is -2.06. The fourth-order valence-electron chi connectivity index (χ4n) is 2.63. The van der Waals surface area contributed by atoms with Crippen LogP contribution in [-0.4, -0.2) is 23.0 Å². The number of amides is 2. The Balaban J connectivity index is 1.61. The van der Waals surface area contributed by atoms with Crippen LogP contribution in [0.2, 0.25) is 0 Å². The van der Waals surface area contributed by atoms with Crippen LogP contribution in [0.3, 0.4) is 0 Å². The van der Waals surface area contributed by atoms with Gasteiger partial charge in [-0.25, -0.2) is 5.43 Å². The van der Waals surface area contributed by atoms with E-state index in [0.29, 0.717) is 11.3 Å². The molecule has 0 radical (unpaired) electrons. The summed E-state index contributed by atoms with van der Waals surface area (Å²) in [6, 6.07) is 19.3. The Labute approximate surface area is 172 Å². The zero-order chi connectivity index (χ0) is 21.5. The Morgan fingerprint density at radius 3 is 2.37 bits per heavy atom. The van der Waals surface area contributed by atoms with Crippen molar-refractivity contribution in [3.05, 3.63) is 105 Å². The average Bonchev–Trinajstić information content (AvgIpc) is 2.75. The third kappa shape index (κ3) is 5.14. The molecule has 8 nitrogen and oxygen atoms in total. The summed E-state index contributed by atoms with van der Waals surface area (Å²) >= 11 is 0. The minimum Gasteiger partial charge on any atom is -0.322 e. The largest absolute Gasteiger partial charge is 0.322 e. The number of carbonyl (C=O) groups is 2. The van der Waals surface area contributed by atoms with Gasteiger partial charge in [0, 0.05) is 28.9 Å². The quantitative estimate of drug-likeness (QED) is 0.369. The van der Waals surface area contributed by atoms with Crippen molar-refractivity contribution in [2.75, 3.05) is 5.32 Å². The molecule has 0 aliphatic rings. The zero-order valence-electron chi connectivity index (χ0n) is 16.0. The summed E-state index contributed by atoms with van der Waals surface area (Å²) in [7, 11) is 0. The normalized spacial score (nSPS) is 10.6. The molecule has 0 aromatic heterocycles. The molecule has 3 rings (SSSR count). The number of nitro groups is 1. The van der Waals surface area contributed by atoms with E-state index < -0.39 is 16.7 Å². The number of anilines is 1. The van der Waals surface area contributed by atoms with Crippen molar-refractivity contribution in [2.45, 2.75) is 6.92 Å². The summed E-state index contributed by atoms with van der Waals surface area (Å²) in [5, 5.41) is 17.4. The van der Waals surface area contributed by atoms with Gasteiger partial charge in [0.1, 0.15) is 0 Å². The number of nitrogens with one attached hydrogen (secondary N) is 2. The van der Waals surface area contributed by atoms with Crippen molar-refractivity contribution in [3.63, 3.8) is 0 Å². The van der Waals surface area contributed by atoms with Crippen LogP contribution in [-0.2, 0) is 0 Å². The van der Waals surface area contributed by atoms with Crippen molar-refractivity contribution >= 4 is 29.4 Å². The van der Waals surface area contributed by atoms with Crippen LogP contribution in [0.1, 0.15) is 31.8 Å². The van der Waals surface area contributed by atoms with Gasteiger partial charge in [0.25, 0.3) is 17.5 Å². The Bertz CT molecular complexity index is 1120. The van der Waals surface area contributed by atoms with Crippen molar-refractivity contribution in [1.82, 2.24) is 5.43 Å². The van der Waals surface area contributed by atoms with E-state index in [4.69, 9.17) is 0 Å². The van der Waals surface area contributed by atoms with Gasteiger partial charge in [-0.3, -0.25) is 19.7 Å². The molecule has 0 unspecified atom stereocenters. The smallest absolute Gasteiger partial charge is 0.271 e. The molecule has 2 amide bonds. The Morgan fingerprint density at radius 2 is 1.67 bits per heavy atom. The van der Waals surface area contributed by atoms with E-state index in [1.54, 1.807) is 30.5 Å². The monoisotopic (exact) mass is 402 g/mol. The highest BCUT2D eigenvalue weighted by atomic mass is 16.6. The first kappa shape index (κ1) is 20.4. The first-order valence-corrected chi connectivity index (χ1v) is 8.99. The van der Waals surface area contributed by atoms with Gasteiger partial charge < -0.3 is 5.32 Å². The second kappa shape index (κ2) is 9.24. The molecule has 30 heavy (non-hydrogen) atoms. The third-order valence-electron chi connectivity index (χ3n) is 4.28. The topological polar surface area (TPSA) is 114 Å². The highest BCUT2D eigenvalue weighted by Crippen LogP contribution is 2.16. The number of nitrogens with zero attached hydrogens (tertiary/aromatic N) is 2. The molecule has 150 valence electrons. The predicted molar refractivity (Wildman–Crippen MR) is 114 cm³/mol. The molecule has 3 aromatic carbocycles. The van der Waals surface area contributed by atoms with Crippen molar-refractivity contribution in [2.24, 2.45) is 5.10 Å². The number of hydrazone groups is 1. The lowest BCUT2D eigenvalue weighted by atomic mass is 10.1. The van der Waals surface area contributed by atoms with Crippen LogP contribution < -0.4 is 10.7 Å². The van der Waals surface area contributed by atoms with E-state index in [1.165, 1.54) is 24.3 Å². The fraction of sp³-hybridized carbons (Fsp3) is 0.0455. The molecule has 0 saturated carbocycles. The highest BCUT2D eigenvalue weighted by molar-refractivity contribution is 6.05. The van der Waals surface area contributed by atoms with Crippen molar-refractivity contribution in [1.29, 1.82) is 0 Å². The minimum atomic E-state index is -0.564. The van der Waals surface area contributed by atoms with E-state index in [2.05, 4.69) is 15.8 Å². The van der Waals surface area contributed by atoms with Gasteiger partial charge in [-0.1, -0.05) is 30.3 Å². The standard InChI is InChI=1S/C22H18N4O4/c1-15-5-2-3-6-18(15)14-23-25-22(28)16-9-11-19(12-10-16)24-21(27)17-7-4-8-20(13-17)26(29)30/h2-14H,1H3,(H,24,27)(H,25,28)/b23-14-. The highest BCUT2D eigenvalue weighted by Gasteiger charge is 2.12. The molecular weight excluding hydrogens is 384 g/mol. The maximum Gasteiger partial charge on any atom is 0.271 e. The third-order valence-corrected chi connectivity index (χ3v) is 4.28. The first-order chi connectivity index (χ1) is 14.4. The van der Waals surface area contributed by atoms with Crippen LogP contribution >= 0.6 is 0 Å². The van der Waals surface area contributed by atoms with Crippen LogP contribution in [0.5, 0.6) is 0 Å². The van der Waals surface area contributed by atoms with Crippen molar-refractivity contribution < 1.29 is 14.5 Å². The maximum atomic E-state index is 12.3. The Kier molecular flexibility index (Phi) is 6.29. The molecule has 0 atom stereocenters. The number of benzene rings is 3. The molecule has 0 bridgehead atoms. The zero-order valence-corrected chi connectivity index (χ0v) is 16.0. The van der Waals surface area contributed by atoms with E-state index in [1.807, 2.05) is 31.2 Å². The summed E-state index contributed by atoms with van der Waals surface area (Å²) < 4.78 is 0. The Morgan fingerprint density at radius 1 is 0.933 bits per heavy atom. The molecule has 2 N–H and O–H groups in total. The maximum absolute atomic E-state index is 12.3. The molecule has 0 aliphatic heterocycles. The fourth-order valence-corrected chi connectivity index (χ4v) is 2.63. The molecular formula is C22H18N4O4. The molecule has 3 aromatic rings. The number of nitro benzene ring substituents is 1. The number of rotatable bonds is 6. The van der Waals surface area contributed by atoms with Crippen LogP contribution in [0.4, 0.5) is 11.4 Å². The predicted octanol–water partition coefficient (Wildman–Crippen LogP) is 3.92. The molecule has 0 fully saturated rings. The van der Waals surface area contributed by atoms with E-state index in [9.17, 15) is 19.7 Å². The number of hydrogen-bond acceptors (Lipinski definition) is 5. The van der Waals surface area contributed by atoms with E-state index in [0.717, 1.165) is 11.1 Å². The first-order valence-electron chi connectivity index (χ1n) is 8.99. The second-order valence-electron chi connectivity index (χ2n) is 6.39. The second-order valence-corrected chi connectivity index (χ2v) is 6.39. The van der Waals surface area contributed by atoms with E-state index in [-0.39, 0.29) is 11.3 Å². The average molecular weight is 402 g/mol. The molecule has 0 aliphatic carbocycles. The lowest BCUT2D eigenvalue weighted by Crippen LogP contribution is -2.18. The molecule has 0 spiro atoms. The summed E-state index contributed by atoms with van der Waals surface area (Å²) in [5.41, 5.74) is 5.21. The van der Waals surface area contributed by atoms with Gasteiger partial charge in [-0.05, 0) is 48.4 Å². The summed E-state index contributed by atoms with van der Waals surface area (Å²) in [4.78, 5) is 34.7. The number of carbonyl (C=O) groups excluding carboxylic acids is 2. The summed E-state index contributed by atoms with van der Waals surface area (Å²) in [6.07, 6.45) is 1.57. The van der Waals surface area contributed by atoms with E-state index >= 15 is 0 Å². The van der Waals surface area contributed by atoms with Gasteiger partial charge in [0.05, 0.1) is 11.1 Å². The van der Waals surface area contributed by atoms with Gasteiger partial charge in [-0.2, -0.15) is 5.10 Å². The van der Waals surface area contributed by atoms with Gasteiger partial charge in [-0.15, -0.1) is 0 Å². The summed E-state index contributed by atoms with van der Waals surface area (Å²) in [5.74, 6) is -0.880. The van der Waals surface area contributed by atoms with Gasteiger partial charge >= 0.3 is 0 Å². The summed E-state index contributed by atoms with van der Waals surface area (Å²) in [6.45, 7) is 1.95. The number of aryl methyl sites for hydroxylation is 1. The van der Waals surface area contributed by atoms with Gasteiger partial charge in [0.2, 0.25) is 0 Å². The van der Waals surface area contributed by atoms with Gasteiger partial charge in [0.15, 0.2) is 0 Å². The van der Waals surface area contributed by atoms with Crippen LogP contribution in [0.25, 0.3) is 0 Å². The Hall–Kier alpha value is -4.33. The SMILES string of the molecule is Cc1ccccc1/C=N\NC(=O)c1ccc(NC(=O)c2cccc([N+](=O)[O-])c2)cc1. The number of non-ortho nitro benzene ring substituents is 1. The molecule has 8 heteroatoms. The minimum absolute atomic E-state index is 0.163. The number of hydrogen-bond donors (Lipinski definition) is 2. The van der Waals surface area contributed by atoms with Crippen molar-refractivity contribution in [3.8, 4) is 0 Å².